The molecule has 0 atom stereocenters. The van der Waals surface area contributed by atoms with E-state index in [0.717, 1.165) is 18.8 Å². The number of halogens is 2. The summed E-state index contributed by atoms with van der Waals surface area (Å²) in [6, 6.07) is 14.6. The minimum absolute atomic E-state index is 0.000717. The highest BCUT2D eigenvalue weighted by molar-refractivity contribution is 6.30. The highest BCUT2D eigenvalue weighted by atomic mass is 35.5. The third-order valence-electron chi connectivity index (χ3n) is 4.67. The second-order valence-corrected chi connectivity index (χ2v) is 7.55. The van der Waals surface area contributed by atoms with Crippen LogP contribution in [0.3, 0.4) is 0 Å². The molecule has 3 rings (SSSR count). The van der Waals surface area contributed by atoms with Crippen LogP contribution < -0.4 is 15.0 Å². The van der Waals surface area contributed by atoms with Gasteiger partial charge in [-0.25, -0.2) is 0 Å². The van der Waals surface area contributed by atoms with Crippen LogP contribution in [0.25, 0.3) is 0 Å². The molecule has 1 saturated heterocycles. The Labute approximate surface area is 180 Å². The maximum absolute atomic E-state index is 12.3. The lowest BCUT2D eigenvalue weighted by Gasteiger charge is -2.36. The number of carbonyl (C=O) groups is 2. The molecule has 8 heteroatoms. The maximum Gasteiger partial charge on any atom is 0.242 e. The number of benzene rings is 2. The molecule has 0 unspecified atom stereocenters. The number of rotatable bonds is 7. The Balaban J connectivity index is 1.33. The molecule has 2 aromatic rings. The van der Waals surface area contributed by atoms with Gasteiger partial charge in [-0.3, -0.25) is 9.59 Å². The molecule has 0 aliphatic carbocycles. The average molecular weight is 436 g/mol. The summed E-state index contributed by atoms with van der Waals surface area (Å²) in [4.78, 5) is 28.3. The summed E-state index contributed by atoms with van der Waals surface area (Å²) in [5.74, 6) is 0.358. The predicted molar refractivity (Wildman–Crippen MR) is 115 cm³/mol. The molecule has 1 aliphatic heterocycles. The van der Waals surface area contributed by atoms with Crippen LogP contribution in [0.2, 0.25) is 10.0 Å². The number of nitrogens with zero attached hydrogens (tertiary/aromatic N) is 2. The molecule has 1 N–H and O–H groups in total. The maximum atomic E-state index is 12.3. The van der Waals surface area contributed by atoms with Crippen LogP contribution in [-0.2, 0) is 9.59 Å². The minimum Gasteiger partial charge on any atom is -0.493 e. The van der Waals surface area contributed by atoms with E-state index in [1.54, 1.807) is 29.2 Å². The number of ether oxygens (including phenoxy) is 1. The van der Waals surface area contributed by atoms with E-state index < -0.39 is 0 Å². The van der Waals surface area contributed by atoms with Gasteiger partial charge < -0.3 is 19.9 Å². The lowest BCUT2D eigenvalue weighted by atomic mass is 10.2. The summed E-state index contributed by atoms with van der Waals surface area (Å²) in [7, 11) is 0. The van der Waals surface area contributed by atoms with Crippen LogP contribution in [0.1, 0.15) is 6.42 Å². The predicted octanol–water partition coefficient (Wildman–Crippen LogP) is 3.23. The monoisotopic (exact) mass is 435 g/mol. The van der Waals surface area contributed by atoms with Crippen LogP contribution >= 0.6 is 23.2 Å². The largest absolute Gasteiger partial charge is 0.493 e. The van der Waals surface area contributed by atoms with Crippen molar-refractivity contribution in [1.29, 1.82) is 0 Å². The van der Waals surface area contributed by atoms with Gasteiger partial charge in [-0.2, -0.15) is 0 Å². The van der Waals surface area contributed by atoms with E-state index in [0.29, 0.717) is 28.9 Å². The van der Waals surface area contributed by atoms with Crippen molar-refractivity contribution in [1.82, 2.24) is 10.2 Å². The summed E-state index contributed by atoms with van der Waals surface area (Å²) in [6.07, 6.45) is 0.181. The molecule has 6 nitrogen and oxygen atoms in total. The molecule has 0 radical (unpaired) electrons. The fraction of sp³-hybridized carbons (Fsp3) is 0.333. The van der Waals surface area contributed by atoms with Gasteiger partial charge in [0.05, 0.1) is 19.6 Å². The van der Waals surface area contributed by atoms with Crippen molar-refractivity contribution in [2.75, 3.05) is 44.2 Å². The van der Waals surface area contributed by atoms with Gasteiger partial charge in [0, 0.05) is 41.9 Å². The second kappa shape index (κ2) is 10.4. The second-order valence-electron chi connectivity index (χ2n) is 6.67. The average Bonchev–Trinajstić information content (AvgIpc) is 2.74. The Morgan fingerprint density at radius 2 is 1.48 bits per heavy atom. The topological polar surface area (TPSA) is 61.9 Å². The third kappa shape index (κ3) is 6.54. The number of amides is 2. The summed E-state index contributed by atoms with van der Waals surface area (Å²) < 4.78 is 5.49. The fourth-order valence-electron chi connectivity index (χ4n) is 3.03. The molecule has 0 bridgehead atoms. The van der Waals surface area contributed by atoms with Gasteiger partial charge in [0.1, 0.15) is 5.75 Å². The fourth-order valence-corrected chi connectivity index (χ4v) is 3.28. The molecule has 154 valence electrons. The van der Waals surface area contributed by atoms with E-state index in [-0.39, 0.29) is 31.4 Å². The first-order valence-corrected chi connectivity index (χ1v) is 10.2. The van der Waals surface area contributed by atoms with E-state index in [9.17, 15) is 9.59 Å². The highest BCUT2D eigenvalue weighted by Gasteiger charge is 2.21. The van der Waals surface area contributed by atoms with Gasteiger partial charge in [-0.15, -0.1) is 0 Å². The van der Waals surface area contributed by atoms with Gasteiger partial charge in [-0.1, -0.05) is 23.2 Å². The molecule has 29 heavy (non-hydrogen) atoms. The van der Waals surface area contributed by atoms with E-state index in [1.165, 1.54) is 0 Å². The lowest BCUT2D eigenvalue weighted by molar-refractivity contribution is -0.133. The Hall–Kier alpha value is -2.44. The molecule has 1 aliphatic rings. The molecule has 1 heterocycles. The Morgan fingerprint density at radius 3 is 2.10 bits per heavy atom. The molecule has 2 aromatic carbocycles. The zero-order chi connectivity index (χ0) is 20.6. The van der Waals surface area contributed by atoms with Crippen LogP contribution in [-0.4, -0.2) is 56.0 Å². The summed E-state index contributed by atoms with van der Waals surface area (Å²) in [5, 5.41) is 4.00. The number of nitrogens with one attached hydrogen (secondary N) is 1. The quantitative estimate of drug-likeness (QED) is 0.724. The SMILES string of the molecule is O=C(CCOc1ccc(Cl)cc1)NCC(=O)N1CCN(c2ccc(Cl)cc2)CC1. The summed E-state index contributed by atoms with van der Waals surface area (Å²) in [5.41, 5.74) is 1.09. The Bertz CT molecular complexity index is 820. The number of anilines is 1. The molecular weight excluding hydrogens is 413 g/mol. The van der Waals surface area contributed by atoms with Crippen molar-refractivity contribution in [2.45, 2.75) is 6.42 Å². The van der Waals surface area contributed by atoms with Gasteiger partial charge in [0.25, 0.3) is 0 Å². The lowest BCUT2D eigenvalue weighted by Crippen LogP contribution is -2.51. The minimum atomic E-state index is -0.216. The van der Waals surface area contributed by atoms with E-state index in [1.807, 2.05) is 24.3 Å². The van der Waals surface area contributed by atoms with Crippen molar-refractivity contribution in [3.8, 4) is 5.75 Å². The number of carbonyl (C=O) groups excluding carboxylic acids is 2. The van der Waals surface area contributed by atoms with Gasteiger partial charge in [-0.05, 0) is 48.5 Å². The number of hydrogen-bond acceptors (Lipinski definition) is 4. The third-order valence-corrected chi connectivity index (χ3v) is 5.18. The van der Waals surface area contributed by atoms with E-state index in [2.05, 4.69) is 10.2 Å². The van der Waals surface area contributed by atoms with Crippen LogP contribution in [0.4, 0.5) is 5.69 Å². The van der Waals surface area contributed by atoms with Gasteiger partial charge in [0.2, 0.25) is 11.8 Å². The molecule has 1 fully saturated rings. The standard InChI is InChI=1S/C21H23Cl2N3O3/c22-16-1-5-18(6-2-16)25-10-12-26(13-11-25)21(28)15-24-20(27)9-14-29-19-7-3-17(23)4-8-19/h1-8H,9-15H2,(H,24,27). The van der Waals surface area contributed by atoms with Crippen LogP contribution in [0, 0.1) is 0 Å². The normalized spacial score (nSPS) is 13.9. The first kappa shape index (κ1) is 21.3. The van der Waals surface area contributed by atoms with Crippen molar-refractivity contribution < 1.29 is 14.3 Å². The molecule has 0 aromatic heterocycles. The van der Waals surface area contributed by atoms with Crippen molar-refractivity contribution >= 4 is 40.7 Å². The molecule has 2 amide bonds. The zero-order valence-electron chi connectivity index (χ0n) is 15.9. The van der Waals surface area contributed by atoms with Crippen molar-refractivity contribution in [3.05, 3.63) is 58.6 Å². The van der Waals surface area contributed by atoms with Gasteiger partial charge in [0.15, 0.2) is 0 Å². The van der Waals surface area contributed by atoms with E-state index in [4.69, 9.17) is 27.9 Å². The summed E-state index contributed by atoms with van der Waals surface area (Å²) >= 11 is 11.7. The summed E-state index contributed by atoms with van der Waals surface area (Å²) in [6.45, 7) is 2.97. The van der Waals surface area contributed by atoms with Gasteiger partial charge >= 0.3 is 0 Å². The number of piperazine rings is 1. The first-order valence-electron chi connectivity index (χ1n) is 9.44. The number of hydrogen-bond donors (Lipinski definition) is 1. The molecular formula is C21H23Cl2N3O3. The van der Waals surface area contributed by atoms with Crippen molar-refractivity contribution in [3.63, 3.8) is 0 Å². The van der Waals surface area contributed by atoms with Crippen molar-refractivity contribution in [2.24, 2.45) is 0 Å². The smallest absolute Gasteiger partial charge is 0.242 e. The first-order chi connectivity index (χ1) is 14.0. The zero-order valence-corrected chi connectivity index (χ0v) is 17.5. The van der Waals surface area contributed by atoms with Crippen LogP contribution in [0.5, 0.6) is 5.75 Å². The Kier molecular flexibility index (Phi) is 7.61. The molecule has 0 spiro atoms. The molecule has 0 saturated carbocycles. The highest BCUT2D eigenvalue weighted by Crippen LogP contribution is 2.19. The van der Waals surface area contributed by atoms with E-state index >= 15 is 0 Å². The van der Waals surface area contributed by atoms with Crippen LogP contribution in [0.15, 0.2) is 48.5 Å². The Morgan fingerprint density at radius 1 is 0.897 bits per heavy atom.